The number of aryl methyl sites for hydroxylation is 1. The number of piperazine rings is 1. The highest BCUT2D eigenvalue weighted by Gasteiger charge is 2.27. The second-order valence-corrected chi connectivity index (χ2v) is 9.59. The van der Waals surface area contributed by atoms with Crippen LogP contribution in [0.1, 0.15) is 35.7 Å². The first kappa shape index (κ1) is 20.8. The van der Waals surface area contributed by atoms with Gasteiger partial charge in [-0.3, -0.25) is 9.80 Å². The minimum absolute atomic E-state index is 0.172. The largest absolute Gasteiger partial charge is 0.353 e. The number of halogens is 1. The Morgan fingerprint density at radius 3 is 2.45 bits per heavy atom. The summed E-state index contributed by atoms with van der Waals surface area (Å²) in [6.07, 6.45) is 1.95. The summed E-state index contributed by atoms with van der Waals surface area (Å²) >= 11 is 1.87. The predicted molar refractivity (Wildman–Crippen MR) is 125 cm³/mol. The first-order chi connectivity index (χ1) is 15.1. The van der Waals surface area contributed by atoms with E-state index in [2.05, 4.69) is 28.5 Å². The normalized spacial score (nSPS) is 18.0. The van der Waals surface area contributed by atoms with Gasteiger partial charge in [-0.25, -0.2) is 14.4 Å². The quantitative estimate of drug-likeness (QED) is 0.598. The predicted octanol–water partition coefficient (Wildman–Crippen LogP) is 4.09. The number of rotatable bonds is 5. The van der Waals surface area contributed by atoms with Crippen molar-refractivity contribution in [3.63, 3.8) is 0 Å². The van der Waals surface area contributed by atoms with Gasteiger partial charge >= 0.3 is 0 Å². The molecule has 0 radical (unpaired) electrons. The third-order valence-electron chi connectivity index (χ3n) is 6.56. The molecular formula is C24H30FN5S. The maximum absolute atomic E-state index is 13.2. The molecule has 0 unspecified atom stereocenters. The molecule has 0 atom stereocenters. The SMILES string of the molecule is CCc1nc(N2CCN(Cc3ccc(F)cc3)CC2)c2c3c(sc2n1)CN(CC)CC3. The summed E-state index contributed by atoms with van der Waals surface area (Å²) in [5.74, 6) is 1.92. The third kappa shape index (κ3) is 4.19. The van der Waals surface area contributed by atoms with Gasteiger partial charge in [-0.1, -0.05) is 26.0 Å². The van der Waals surface area contributed by atoms with Crippen molar-refractivity contribution in [2.24, 2.45) is 0 Å². The number of aromatic nitrogens is 2. The van der Waals surface area contributed by atoms with Crippen molar-refractivity contribution in [2.45, 2.75) is 39.8 Å². The van der Waals surface area contributed by atoms with Crippen LogP contribution < -0.4 is 4.90 Å². The molecule has 1 saturated heterocycles. The van der Waals surface area contributed by atoms with Crippen molar-refractivity contribution >= 4 is 27.4 Å². The molecule has 1 fully saturated rings. The second-order valence-electron chi connectivity index (χ2n) is 8.51. The van der Waals surface area contributed by atoms with E-state index < -0.39 is 0 Å². The topological polar surface area (TPSA) is 35.5 Å². The van der Waals surface area contributed by atoms with Gasteiger partial charge in [-0.2, -0.15) is 0 Å². The molecule has 2 aromatic heterocycles. The molecule has 3 aromatic rings. The van der Waals surface area contributed by atoms with Crippen LogP contribution in [0.4, 0.5) is 10.2 Å². The van der Waals surface area contributed by atoms with Gasteiger partial charge in [0, 0.05) is 57.1 Å². The summed E-state index contributed by atoms with van der Waals surface area (Å²) in [6.45, 7) is 12.4. The highest BCUT2D eigenvalue weighted by Crippen LogP contribution is 2.39. The van der Waals surface area contributed by atoms with E-state index in [1.54, 1.807) is 12.1 Å². The maximum Gasteiger partial charge on any atom is 0.141 e. The van der Waals surface area contributed by atoms with Gasteiger partial charge in [0.05, 0.1) is 5.39 Å². The lowest BCUT2D eigenvalue weighted by Crippen LogP contribution is -2.46. The molecule has 0 bridgehead atoms. The Labute approximate surface area is 187 Å². The van der Waals surface area contributed by atoms with E-state index in [-0.39, 0.29) is 5.82 Å². The lowest BCUT2D eigenvalue weighted by atomic mass is 10.0. The standard InChI is InChI=1S/C24H30FN5S/c1-3-21-26-23(22-19-9-10-28(4-2)16-20(19)31-24(22)27-21)30-13-11-29(12-14-30)15-17-5-7-18(25)8-6-17/h5-8H,3-4,9-16H2,1-2H3. The van der Waals surface area contributed by atoms with E-state index in [1.807, 2.05) is 23.5 Å². The Bertz CT molecular complexity index is 1060. The summed E-state index contributed by atoms with van der Waals surface area (Å²) in [6, 6.07) is 6.88. The smallest absolute Gasteiger partial charge is 0.141 e. The molecule has 0 saturated carbocycles. The van der Waals surface area contributed by atoms with E-state index in [1.165, 1.54) is 26.2 Å². The molecule has 2 aliphatic rings. The molecule has 164 valence electrons. The van der Waals surface area contributed by atoms with Crippen molar-refractivity contribution < 1.29 is 4.39 Å². The summed E-state index contributed by atoms with van der Waals surface area (Å²) in [7, 11) is 0. The Balaban J connectivity index is 1.38. The zero-order valence-electron chi connectivity index (χ0n) is 18.4. The summed E-state index contributed by atoms with van der Waals surface area (Å²) in [4.78, 5) is 20.0. The van der Waals surface area contributed by atoms with E-state index in [0.717, 1.165) is 76.8 Å². The van der Waals surface area contributed by atoms with Crippen LogP contribution in [0.2, 0.25) is 0 Å². The number of anilines is 1. The molecule has 5 nitrogen and oxygen atoms in total. The van der Waals surface area contributed by atoms with Crippen LogP contribution in [0.3, 0.4) is 0 Å². The first-order valence-electron chi connectivity index (χ1n) is 11.4. The number of hydrogen-bond donors (Lipinski definition) is 0. The van der Waals surface area contributed by atoms with Crippen molar-refractivity contribution in [3.8, 4) is 0 Å². The van der Waals surface area contributed by atoms with Crippen LogP contribution in [-0.2, 0) is 25.9 Å². The molecule has 0 aliphatic carbocycles. The number of hydrogen-bond acceptors (Lipinski definition) is 6. The number of likely N-dealkylation sites (N-methyl/N-ethyl adjacent to an activating group) is 1. The number of thiophene rings is 1. The Hall–Kier alpha value is -2.09. The average Bonchev–Trinajstić information content (AvgIpc) is 3.18. The van der Waals surface area contributed by atoms with E-state index in [9.17, 15) is 4.39 Å². The average molecular weight is 440 g/mol. The van der Waals surface area contributed by atoms with Crippen molar-refractivity contribution in [1.29, 1.82) is 0 Å². The Morgan fingerprint density at radius 1 is 0.968 bits per heavy atom. The van der Waals surface area contributed by atoms with Crippen molar-refractivity contribution in [2.75, 3.05) is 44.2 Å². The Kier molecular flexibility index (Phi) is 5.91. The van der Waals surface area contributed by atoms with Gasteiger partial charge in [0.25, 0.3) is 0 Å². The lowest BCUT2D eigenvalue weighted by molar-refractivity contribution is 0.249. The van der Waals surface area contributed by atoms with E-state index >= 15 is 0 Å². The molecule has 7 heteroatoms. The minimum atomic E-state index is -0.172. The molecule has 5 rings (SSSR count). The third-order valence-corrected chi connectivity index (χ3v) is 7.67. The molecule has 4 heterocycles. The highest BCUT2D eigenvalue weighted by atomic mass is 32.1. The second kappa shape index (κ2) is 8.81. The summed E-state index contributed by atoms with van der Waals surface area (Å²) in [5, 5.41) is 1.31. The lowest BCUT2D eigenvalue weighted by Gasteiger charge is -2.36. The molecule has 0 amide bonds. The maximum atomic E-state index is 13.2. The van der Waals surface area contributed by atoms with Crippen molar-refractivity contribution in [3.05, 3.63) is 51.9 Å². The fourth-order valence-electron chi connectivity index (χ4n) is 4.69. The van der Waals surface area contributed by atoms with Crippen LogP contribution >= 0.6 is 11.3 Å². The fraction of sp³-hybridized carbons (Fsp3) is 0.500. The van der Waals surface area contributed by atoms with E-state index in [0.29, 0.717) is 0 Å². The molecule has 1 aromatic carbocycles. The van der Waals surface area contributed by atoms with Gasteiger partial charge in [0.15, 0.2) is 0 Å². The highest BCUT2D eigenvalue weighted by molar-refractivity contribution is 7.19. The van der Waals surface area contributed by atoms with Crippen LogP contribution in [0.5, 0.6) is 0 Å². The van der Waals surface area contributed by atoms with Crippen LogP contribution in [0.25, 0.3) is 10.2 Å². The van der Waals surface area contributed by atoms with Crippen molar-refractivity contribution in [1.82, 2.24) is 19.8 Å². The van der Waals surface area contributed by atoms with Gasteiger partial charge in [0.2, 0.25) is 0 Å². The van der Waals surface area contributed by atoms with Gasteiger partial charge < -0.3 is 4.90 Å². The zero-order valence-corrected chi connectivity index (χ0v) is 19.2. The minimum Gasteiger partial charge on any atom is -0.353 e. The molecule has 31 heavy (non-hydrogen) atoms. The number of nitrogens with zero attached hydrogens (tertiary/aromatic N) is 5. The molecule has 0 N–H and O–H groups in total. The van der Waals surface area contributed by atoms with Crippen LogP contribution in [-0.4, -0.2) is 59.0 Å². The van der Waals surface area contributed by atoms with E-state index in [4.69, 9.17) is 9.97 Å². The fourth-order valence-corrected chi connectivity index (χ4v) is 5.97. The van der Waals surface area contributed by atoms with Crippen LogP contribution in [0.15, 0.2) is 24.3 Å². The zero-order chi connectivity index (χ0) is 21.4. The molecule has 2 aliphatic heterocycles. The summed E-state index contributed by atoms with van der Waals surface area (Å²) < 4.78 is 13.2. The van der Waals surface area contributed by atoms with Gasteiger partial charge in [-0.05, 0) is 36.2 Å². The number of fused-ring (bicyclic) bond motifs is 3. The monoisotopic (exact) mass is 439 g/mol. The molecular weight excluding hydrogens is 409 g/mol. The first-order valence-corrected chi connectivity index (χ1v) is 12.2. The Morgan fingerprint density at radius 2 is 1.74 bits per heavy atom. The van der Waals surface area contributed by atoms with Crippen LogP contribution in [0, 0.1) is 5.82 Å². The summed E-state index contributed by atoms with van der Waals surface area (Å²) in [5.41, 5.74) is 2.65. The molecule has 0 spiro atoms. The number of benzene rings is 1. The van der Waals surface area contributed by atoms with Gasteiger partial charge in [-0.15, -0.1) is 11.3 Å². The van der Waals surface area contributed by atoms with Gasteiger partial charge in [0.1, 0.15) is 22.3 Å².